The van der Waals surface area contributed by atoms with Crippen molar-refractivity contribution in [1.29, 1.82) is 5.26 Å². The molecule has 0 saturated carbocycles. The van der Waals surface area contributed by atoms with Crippen LogP contribution in [0.4, 0.5) is 5.69 Å². The van der Waals surface area contributed by atoms with Gasteiger partial charge < -0.3 is 15.4 Å². The maximum absolute atomic E-state index is 11.9. The summed E-state index contributed by atoms with van der Waals surface area (Å²) >= 11 is 0. The van der Waals surface area contributed by atoms with Crippen LogP contribution in [0.1, 0.15) is 5.56 Å². The number of aromatic amines is 1. The van der Waals surface area contributed by atoms with E-state index in [1.54, 1.807) is 30.3 Å². The van der Waals surface area contributed by atoms with Crippen molar-refractivity contribution in [3.05, 3.63) is 30.0 Å². The molecule has 0 unspecified atom stereocenters. The normalized spacial score (nSPS) is 10.7. The van der Waals surface area contributed by atoms with Crippen molar-refractivity contribution in [2.24, 2.45) is 0 Å². The Hall–Kier alpha value is -2.36. The number of rotatable bonds is 5. The number of nitrogens with zero attached hydrogens (tertiary/aromatic N) is 2. The Morgan fingerprint density at radius 3 is 3.05 bits per heavy atom. The number of aromatic nitrogens is 1. The molecule has 1 heterocycles. The molecule has 1 aromatic carbocycles. The Bertz CT molecular complexity index is 657. The van der Waals surface area contributed by atoms with Crippen molar-refractivity contribution in [2.45, 2.75) is 0 Å². The van der Waals surface area contributed by atoms with Crippen molar-refractivity contribution >= 4 is 22.5 Å². The lowest BCUT2D eigenvalue weighted by Crippen LogP contribution is -2.32. The summed E-state index contributed by atoms with van der Waals surface area (Å²) in [6.07, 6.45) is 1.76. The van der Waals surface area contributed by atoms with Gasteiger partial charge in [-0.1, -0.05) is 0 Å². The number of aliphatic hydroxyl groups is 1. The van der Waals surface area contributed by atoms with Gasteiger partial charge in [0.2, 0.25) is 5.91 Å². The van der Waals surface area contributed by atoms with Crippen molar-refractivity contribution in [3.8, 4) is 6.07 Å². The van der Waals surface area contributed by atoms with Gasteiger partial charge in [0.1, 0.15) is 0 Å². The van der Waals surface area contributed by atoms with Crippen LogP contribution in [0.25, 0.3) is 10.9 Å². The molecule has 0 bridgehead atoms. The standard InChI is InChI=1S/C14H16N4O2/c1-18(4-5-19)9-13(20)17-12-7-10(8-15)6-11-2-3-16-14(11)12/h2-3,6-7,16,19H,4-5,9H2,1H3,(H,17,20). The second kappa shape index (κ2) is 6.19. The van der Waals surface area contributed by atoms with Crippen LogP contribution in [0.3, 0.4) is 0 Å². The van der Waals surface area contributed by atoms with E-state index >= 15 is 0 Å². The van der Waals surface area contributed by atoms with E-state index in [0.29, 0.717) is 17.8 Å². The van der Waals surface area contributed by atoms with E-state index < -0.39 is 0 Å². The van der Waals surface area contributed by atoms with Gasteiger partial charge in [0.25, 0.3) is 0 Å². The number of anilines is 1. The summed E-state index contributed by atoms with van der Waals surface area (Å²) in [4.78, 5) is 16.7. The molecule has 1 aromatic heterocycles. The number of nitrogens with one attached hydrogen (secondary N) is 2. The van der Waals surface area contributed by atoms with Gasteiger partial charge in [-0.2, -0.15) is 5.26 Å². The summed E-state index contributed by atoms with van der Waals surface area (Å²) in [5.41, 5.74) is 1.88. The molecule has 0 atom stereocenters. The van der Waals surface area contributed by atoms with Gasteiger partial charge in [-0.15, -0.1) is 0 Å². The third kappa shape index (κ3) is 3.15. The Morgan fingerprint density at radius 2 is 2.35 bits per heavy atom. The zero-order chi connectivity index (χ0) is 14.5. The number of hydrogen-bond donors (Lipinski definition) is 3. The quantitative estimate of drug-likeness (QED) is 0.754. The summed E-state index contributed by atoms with van der Waals surface area (Å²) < 4.78 is 0. The lowest BCUT2D eigenvalue weighted by atomic mass is 10.1. The Kier molecular flexibility index (Phi) is 4.35. The van der Waals surface area contributed by atoms with Gasteiger partial charge in [-0.25, -0.2) is 0 Å². The molecule has 104 valence electrons. The first-order valence-corrected chi connectivity index (χ1v) is 6.24. The van der Waals surface area contributed by atoms with E-state index in [0.717, 1.165) is 10.9 Å². The Labute approximate surface area is 116 Å². The van der Waals surface area contributed by atoms with Crippen LogP contribution < -0.4 is 5.32 Å². The van der Waals surface area contributed by atoms with Crippen LogP contribution in [0.15, 0.2) is 24.4 Å². The maximum Gasteiger partial charge on any atom is 0.238 e. The fourth-order valence-corrected chi connectivity index (χ4v) is 2.02. The number of hydrogen-bond acceptors (Lipinski definition) is 4. The largest absolute Gasteiger partial charge is 0.395 e. The molecular formula is C14H16N4O2. The molecule has 0 aliphatic rings. The van der Waals surface area contributed by atoms with Gasteiger partial charge in [0.15, 0.2) is 0 Å². The first kappa shape index (κ1) is 14.1. The number of carbonyl (C=O) groups is 1. The van der Waals surface area contributed by atoms with Crippen LogP contribution in [0.5, 0.6) is 0 Å². The molecular weight excluding hydrogens is 256 g/mol. The van der Waals surface area contributed by atoms with E-state index in [4.69, 9.17) is 10.4 Å². The van der Waals surface area contributed by atoms with Crippen LogP contribution in [-0.4, -0.2) is 47.6 Å². The fraction of sp³-hybridized carbons (Fsp3) is 0.286. The van der Waals surface area contributed by atoms with E-state index in [-0.39, 0.29) is 19.1 Å². The molecule has 0 aliphatic carbocycles. The van der Waals surface area contributed by atoms with Crippen LogP contribution in [-0.2, 0) is 4.79 Å². The number of likely N-dealkylation sites (N-methyl/N-ethyl adjacent to an activating group) is 1. The second-order valence-electron chi connectivity index (χ2n) is 4.59. The number of benzene rings is 1. The number of carbonyl (C=O) groups excluding carboxylic acids is 1. The van der Waals surface area contributed by atoms with Crippen molar-refractivity contribution in [2.75, 3.05) is 32.1 Å². The van der Waals surface area contributed by atoms with E-state index in [9.17, 15) is 4.79 Å². The van der Waals surface area contributed by atoms with Gasteiger partial charge >= 0.3 is 0 Å². The minimum absolute atomic E-state index is 0.00850. The molecule has 2 rings (SSSR count). The van der Waals surface area contributed by atoms with Crippen LogP contribution >= 0.6 is 0 Å². The summed E-state index contributed by atoms with van der Waals surface area (Å²) in [7, 11) is 1.76. The van der Waals surface area contributed by atoms with Crippen molar-refractivity contribution in [3.63, 3.8) is 0 Å². The lowest BCUT2D eigenvalue weighted by molar-refractivity contribution is -0.117. The highest BCUT2D eigenvalue weighted by atomic mass is 16.3. The van der Waals surface area contributed by atoms with E-state index in [2.05, 4.69) is 16.4 Å². The first-order chi connectivity index (χ1) is 9.63. The molecule has 1 amide bonds. The average Bonchev–Trinajstić information content (AvgIpc) is 2.86. The number of aliphatic hydroxyl groups excluding tert-OH is 1. The zero-order valence-corrected chi connectivity index (χ0v) is 11.2. The number of nitriles is 1. The molecule has 0 radical (unpaired) electrons. The average molecular weight is 272 g/mol. The second-order valence-corrected chi connectivity index (χ2v) is 4.59. The van der Waals surface area contributed by atoms with Gasteiger partial charge in [0, 0.05) is 18.1 Å². The predicted octanol–water partition coefficient (Wildman–Crippen LogP) is 0.902. The SMILES string of the molecule is CN(CCO)CC(=O)Nc1cc(C#N)cc2cc[nH]c12. The van der Waals surface area contributed by atoms with Crippen LogP contribution in [0.2, 0.25) is 0 Å². The fourth-order valence-electron chi connectivity index (χ4n) is 2.02. The summed E-state index contributed by atoms with van der Waals surface area (Å²) in [6.45, 7) is 0.623. The lowest BCUT2D eigenvalue weighted by Gasteiger charge is -2.15. The molecule has 3 N–H and O–H groups in total. The minimum Gasteiger partial charge on any atom is -0.395 e. The highest BCUT2D eigenvalue weighted by Gasteiger charge is 2.10. The molecule has 0 spiro atoms. The highest BCUT2D eigenvalue weighted by Crippen LogP contribution is 2.24. The third-order valence-corrected chi connectivity index (χ3v) is 2.96. The topological polar surface area (TPSA) is 92.2 Å². The van der Waals surface area contributed by atoms with Crippen molar-refractivity contribution in [1.82, 2.24) is 9.88 Å². The highest BCUT2D eigenvalue weighted by molar-refractivity contribution is 6.01. The van der Waals surface area contributed by atoms with Gasteiger partial charge in [-0.3, -0.25) is 9.69 Å². The monoisotopic (exact) mass is 272 g/mol. The summed E-state index contributed by atoms with van der Waals surface area (Å²) in [5, 5.41) is 21.5. The van der Waals surface area contributed by atoms with E-state index in [1.165, 1.54) is 0 Å². The number of amides is 1. The smallest absolute Gasteiger partial charge is 0.238 e. The molecule has 0 aliphatic heterocycles. The Morgan fingerprint density at radius 1 is 1.55 bits per heavy atom. The zero-order valence-electron chi connectivity index (χ0n) is 11.2. The molecule has 2 aromatic rings. The molecule has 6 heteroatoms. The number of fused-ring (bicyclic) bond motifs is 1. The Balaban J connectivity index is 2.18. The molecule has 6 nitrogen and oxygen atoms in total. The van der Waals surface area contributed by atoms with Crippen LogP contribution in [0, 0.1) is 11.3 Å². The van der Waals surface area contributed by atoms with Crippen molar-refractivity contribution < 1.29 is 9.90 Å². The van der Waals surface area contributed by atoms with E-state index in [1.807, 2.05) is 6.07 Å². The number of H-pyrrole nitrogens is 1. The maximum atomic E-state index is 11.9. The summed E-state index contributed by atoms with van der Waals surface area (Å²) in [6, 6.07) is 7.33. The third-order valence-electron chi connectivity index (χ3n) is 2.96. The van der Waals surface area contributed by atoms with Gasteiger partial charge in [0.05, 0.1) is 36.0 Å². The van der Waals surface area contributed by atoms with Gasteiger partial charge in [-0.05, 0) is 25.2 Å². The molecule has 0 saturated heterocycles. The first-order valence-electron chi connectivity index (χ1n) is 6.24. The molecule has 0 fully saturated rings. The minimum atomic E-state index is -0.188. The molecule has 20 heavy (non-hydrogen) atoms. The predicted molar refractivity (Wildman–Crippen MR) is 76.2 cm³/mol. The summed E-state index contributed by atoms with van der Waals surface area (Å²) in [5.74, 6) is -0.188.